The summed E-state index contributed by atoms with van der Waals surface area (Å²) in [6, 6.07) is -0.977. The number of nitrogens with zero attached hydrogens (tertiary/aromatic N) is 3. The molecule has 0 amide bonds. The van der Waals surface area contributed by atoms with Crippen LogP contribution in [0.2, 0.25) is 0 Å². The van der Waals surface area contributed by atoms with Crippen LogP contribution in [0, 0.1) is 12.3 Å². The second kappa shape index (κ2) is 4.65. The second-order valence-corrected chi connectivity index (χ2v) is 1.57. The highest BCUT2D eigenvalue weighted by molar-refractivity contribution is 5.02. The minimum atomic E-state index is -1.17. The molecule has 0 rings (SSSR count). The van der Waals surface area contributed by atoms with E-state index < -0.39 is 18.8 Å². The summed E-state index contributed by atoms with van der Waals surface area (Å²) in [6.45, 7) is -0.506. The van der Waals surface area contributed by atoms with Gasteiger partial charge in [0, 0.05) is 4.91 Å². The minimum Gasteiger partial charge on any atom is -0.394 e. The summed E-state index contributed by atoms with van der Waals surface area (Å²) >= 11 is 0. The number of azide groups is 1. The number of hydrogen-bond acceptors (Lipinski definition) is 3. The van der Waals surface area contributed by atoms with Crippen LogP contribution in [0.15, 0.2) is 5.11 Å². The molecule has 0 aliphatic heterocycles. The molecule has 54 valence electrons. The Kier molecular flexibility index (Phi) is 4.09. The summed E-state index contributed by atoms with van der Waals surface area (Å²) in [6.07, 6.45) is 3.68. The van der Waals surface area contributed by atoms with Crippen molar-refractivity contribution in [2.24, 2.45) is 5.11 Å². The second-order valence-electron chi connectivity index (χ2n) is 1.57. The lowest BCUT2D eigenvalue weighted by Gasteiger charge is -2.07. The first-order valence-corrected chi connectivity index (χ1v) is 2.55. The maximum Gasteiger partial charge on any atom is 0.127 e. The summed E-state index contributed by atoms with van der Waals surface area (Å²) in [5.74, 6) is 2.02. The molecule has 0 bridgehead atoms. The normalized spacial score (nSPS) is 14.5. The quantitative estimate of drug-likeness (QED) is 0.243. The predicted octanol–water partition coefficient (Wildman–Crippen LogP) is -0.348. The van der Waals surface area contributed by atoms with Crippen LogP contribution >= 0.6 is 0 Å². The van der Waals surface area contributed by atoms with Crippen molar-refractivity contribution >= 4 is 0 Å². The summed E-state index contributed by atoms with van der Waals surface area (Å²) in [5, 5.41) is 20.2. The Bertz CT molecular complexity index is 180. The Labute approximate surface area is 57.9 Å². The Morgan fingerprint density at radius 1 is 1.80 bits per heavy atom. The van der Waals surface area contributed by atoms with E-state index in [9.17, 15) is 0 Å². The molecular weight excluding hydrogens is 134 g/mol. The lowest BCUT2D eigenvalue weighted by molar-refractivity contribution is 0.0877. The van der Waals surface area contributed by atoms with Crippen molar-refractivity contribution in [3.63, 3.8) is 0 Å². The predicted molar refractivity (Wildman–Crippen MR) is 34.9 cm³/mol. The molecule has 0 heterocycles. The molecule has 0 aromatic heterocycles. The van der Waals surface area contributed by atoms with Gasteiger partial charge in [0.2, 0.25) is 0 Å². The third-order valence-corrected chi connectivity index (χ3v) is 0.898. The fourth-order valence-corrected chi connectivity index (χ4v) is 0.377. The van der Waals surface area contributed by atoms with Crippen molar-refractivity contribution in [2.75, 3.05) is 6.61 Å². The van der Waals surface area contributed by atoms with E-state index in [4.69, 9.17) is 22.2 Å². The van der Waals surface area contributed by atoms with Gasteiger partial charge in [0.15, 0.2) is 0 Å². The zero-order valence-electron chi connectivity index (χ0n) is 5.18. The number of aliphatic hydroxyl groups excluding tert-OH is 2. The van der Waals surface area contributed by atoms with Gasteiger partial charge in [0.1, 0.15) is 6.04 Å². The summed E-state index contributed by atoms with van der Waals surface area (Å²) < 4.78 is 0. The Morgan fingerprint density at radius 3 is 2.70 bits per heavy atom. The number of hydrogen-bond donors (Lipinski definition) is 2. The SMILES string of the molecule is C#C[C@H](N=[N+]=[N-])[C@H](O)CO. The molecule has 0 spiro atoms. The van der Waals surface area contributed by atoms with Crippen molar-refractivity contribution in [1.29, 1.82) is 0 Å². The highest BCUT2D eigenvalue weighted by Gasteiger charge is 2.12. The average Bonchev–Trinajstić information content (AvgIpc) is 1.99. The molecule has 5 heteroatoms. The van der Waals surface area contributed by atoms with Crippen LogP contribution in [0.25, 0.3) is 10.4 Å². The summed E-state index contributed by atoms with van der Waals surface area (Å²) in [7, 11) is 0. The fraction of sp³-hybridized carbons (Fsp3) is 0.600. The van der Waals surface area contributed by atoms with Gasteiger partial charge in [0.25, 0.3) is 0 Å². The maximum atomic E-state index is 8.79. The molecule has 0 unspecified atom stereocenters. The van der Waals surface area contributed by atoms with Crippen molar-refractivity contribution in [2.45, 2.75) is 12.1 Å². The van der Waals surface area contributed by atoms with Crippen molar-refractivity contribution < 1.29 is 10.2 Å². The maximum absolute atomic E-state index is 8.79. The van der Waals surface area contributed by atoms with Gasteiger partial charge in [-0.05, 0) is 5.53 Å². The van der Waals surface area contributed by atoms with Crippen LogP contribution in [0.5, 0.6) is 0 Å². The highest BCUT2D eigenvalue weighted by atomic mass is 16.3. The highest BCUT2D eigenvalue weighted by Crippen LogP contribution is 1.96. The third-order valence-electron chi connectivity index (χ3n) is 0.898. The van der Waals surface area contributed by atoms with Gasteiger partial charge in [-0.1, -0.05) is 11.0 Å². The van der Waals surface area contributed by atoms with Gasteiger partial charge >= 0.3 is 0 Å². The topological polar surface area (TPSA) is 89.2 Å². The van der Waals surface area contributed by atoms with E-state index in [-0.39, 0.29) is 0 Å². The van der Waals surface area contributed by atoms with Gasteiger partial charge in [0.05, 0.1) is 12.7 Å². The van der Waals surface area contributed by atoms with Gasteiger partial charge in [-0.25, -0.2) is 0 Å². The molecule has 5 nitrogen and oxygen atoms in total. The monoisotopic (exact) mass is 141 g/mol. The molecule has 10 heavy (non-hydrogen) atoms. The molecule has 0 aliphatic rings. The van der Waals surface area contributed by atoms with Crippen molar-refractivity contribution in [3.05, 3.63) is 10.4 Å². The third kappa shape index (κ3) is 2.37. The van der Waals surface area contributed by atoms with Crippen LogP contribution in [0.4, 0.5) is 0 Å². The van der Waals surface area contributed by atoms with Gasteiger partial charge in [-0.15, -0.1) is 6.42 Å². The van der Waals surface area contributed by atoms with Gasteiger partial charge in [-0.3, -0.25) is 0 Å². The van der Waals surface area contributed by atoms with Crippen LogP contribution in [0.1, 0.15) is 0 Å². The first-order valence-electron chi connectivity index (χ1n) is 2.55. The average molecular weight is 141 g/mol. The number of aliphatic hydroxyl groups is 2. The number of terminal acetylenes is 1. The largest absolute Gasteiger partial charge is 0.394 e. The first kappa shape index (κ1) is 8.79. The molecule has 0 fully saturated rings. The lowest BCUT2D eigenvalue weighted by Crippen LogP contribution is -2.25. The molecule has 2 N–H and O–H groups in total. The lowest BCUT2D eigenvalue weighted by atomic mass is 10.2. The molecule has 0 saturated carbocycles. The van der Waals surface area contributed by atoms with E-state index in [0.717, 1.165) is 0 Å². The van der Waals surface area contributed by atoms with E-state index in [1.165, 1.54) is 0 Å². The van der Waals surface area contributed by atoms with Gasteiger partial charge in [-0.2, -0.15) is 0 Å². The molecule has 0 radical (unpaired) electrons. The molecule has 0 aromatic carbocycles. The van der Waals surface area contributed by atoms with E-state index >= 15 is 0 Å². The summed E-state index contributed by atoms with van der Waals surface area (Å²) in [4.78, 5) is 2.39. The van der Waals surface area contributed by atoms with Crippen LogP contribution in [0.3, 0.4) is 0 Å². The van der Waals surface area contributed by atoms with E-state index in [2.05, 4.69) is 10.0 Å². The summed E-state index contributed by atoms with van der Waals surface area (Å²) in [5.41, 5.74) is 7.88. The molecule has 0 saturated heterocycles. The van der Waals surface area contributed by atoms with Crippen molar-refractivity contribution in [1.82, 2.24) is 0 Å². The van der Waals surface area contributed by atoms with Crippen LogP contribution < -0.4 is 0 Å². The molecular formula is C5H7N3O2. The smallest absolute Gasteiger partial charge is 0.127 e. The van der Waals surface area contributed by atoms with Gasteiger partial charge < -0.3 is 10.2 Å². The first-order chi connectivity index (χ1) is 4.76. The number of rotatable bonds is 3. The zero-order chi connectivity index (χ0) is 7.98. The van der Waals surface area contributed by atoms with E-state index in [0.29, 0.717) is 0 Å². The Hall–Kier alpha value is -1.21. The van der Waals surface area contributed by atoms with Crippen molar-refractivity contribution in [3.8, 4) is 12.3 Å². The molecule has 2 atom stereocenters. The van der Waals surface area contributed by atoms with Crippen LogP contribution in [-0.2, 0) is 0 Å². The minimum absolute atomic E-state index is 0.506. The zero-order valence-corrected chi connectivity index (χ0v) is 5.18. The fourth-order valence-electron chi connectivity index (χ4n) is 0.377. The van der Waals surface area contributed by atoms with E-state index in [1.807, 2.05) is 5.92 Å². The Morgan fingerprint density at radius 2 is 2.40 bits per heavy atom. The van der Waals surface area contributed by atoms with Crippen LogP contribution in [-0.4, -0.2) is 29.0 Å². The van der Waals surface area contributed by atoms with E-state index in [1.54, 1.807) is 0 Å². The molecule has 0 aromatic rings. The Balaban J connectivity index is 4.09. The standard InChI is InChI=1S/C5H7N3O2/c1-2-4(7-8-6)5(10)3-9/h1,4-5,9-10H,3H2/t4-,5+/m0/s1. The molecule has 0 aliphatic carbocycles.